The van der Waals surface area contributed by atoms with Gasteiger partial charge in [0.25, 0.3) is 0 Å². The molecule has 0 rings (SSSR count). The molecule has 0 bridgehead atoms. The molecule has 0 fully saturated rings. The van der Waals surface area contributed by atoms with Crippen LogP contribution in [0.1, 0.15) is 6.42 Å². The zero-order chi connectivity index (χ0) is 9.23. The molecule has 0 aromatic rings. The number of nitrogens with zero attached hydrogens (tertiary/aromatic N) is 1. The minimum atomic E-state index is -0.269. The van der Waals surface area contributed by atoms with Crippen molar-refractivity contribution in [2.45, 2.75) is 18.4 Å². The van der Waals surface area contributed by atoms with E-state index < -0.39 is 0 Å². The second kappa shape index (κ2) is 9.03. The number of ether oxygens (including phenoxy) is 2. The predicted octanol–water partition coefficient (Wildman–Crippen LogP) is 0.643. The molecule has 0 radical (unpaired) electrons. The highest BCUT2D eigenvalue weighted by molar-refractivity contribution is 7.78. The van der Waals surface area contributed by atoms with Crippen molar-refractivity contribution in [2.75, 3.05) is 20.8 Å². The minimum Gasteiger partial charge on any atom is -0.360 e. The lowest BCUT2D eigenvalue weighted by molar-refractivity contribution is -0.0441. The van der Waals surface area contributed by atoms with E-state index in [1.54, 1.807) is 14.2 Å². The van der Waals surface area contributed by atoms with Crippen LogP contribution < -0.4 is 0 Å². The van der Waals surface area contributed by atoms with Crippen LogP contribution in [0.2, 0.25) is 6.04 Å². The Morgan fingerprint density at radius 3 is 2.67 bits per heavy atom. The summed E-state index contributed by atoms with van der Waals surface area (Å²) in [5.41, 5.74) is 0. The van der Waals surface area contributed by atoms with Gasteiger partial charge in [0, 0.05) is 20.8 Å². The van der Waals surface area contributed by atoms with Crippen molar-refractivity contribution in [1.29, 1.82) is 0 Å². The number of aliphatic imine (C=N–C) groups is 1. The fourth-order valence-corrected chi connectivity index (χ4v) is 2.29. The van der Waals surface area contributed by atoms with Crippen molar-refractivity contribution >= 4 is 26.9 Å². The molecule has 0 heterocycles. The van der Waals surface area contributed by atoms with E-state index in [0.29, 0.717) is 0 Å². The Morgan fingerprint density at radius 1 is 1.50 bits per heavy atom. The highest BCUT2D eigenvalue weighted by atomic mass is 32.1. The van der Waals surface area contributed by atoms with Gasteiger partial charge in [-0.2, -0.15) is 0 Å². The molecular weight excluding hydrogens is 190 g/mol. The standard InChI is InChI=1S/C7H15NO2SSi/c1-9-7(10-2)12-5-3-4-8-6-11/h7H,3-5,12H2,1-2H3. The lowest BCUT2D eigenvalue weighted by atomic mass is 10.5. The maximum absolute atomic E-state index is 5.08. The maximum atomic E-state index is 5.08. The van der Waals surface area contributed by atoms with Gasteiger partial charge >= 0.3 is 0 Å². The van der Waals surface area contributed by atoms with Crippen molar-refractivity contribution in [1.82, 2.24) is 0 Å². The molecule has 0 N–H and O–H groups in total. The van der Waals surface area contributed by atoms with Gasteiger partial charge in [0.2, 0.25) is 0 Å². The topological polar surface area (TPSA) is 30.8 Å². The first-order chi connectivity index (χ1) is 5.85. The first-order valence-corrected chi connectivity index (χ1v) is 6.16. The predicted molar refractivity (Wildman–Crippen MR) is 55.7 cm³/mol. The summed E-state index contributed by atoms with van der Waals surface area (Å²) in [4.78, 5) is 3.83. The molecule has 0 aromatic carbocycles. The Balaban J connectivity index is 3.22. The highest BCUT2D eigenvalue weighted by Gasteiger charge is 2.03. The molecule has 0 aliphatic carbocycles. The van der Waals surface area contributed by atoms with Gasteiger partial charge in [0.05, 0.1) is 14.7 Å². The van der Waals surface area contributed by atoms with Crippen molar-refractivity contribution in [3.05, 3.63) is 0 Å². The largest absolute Gasteiger partial charge is 0.360 e. The molecule has 0 saturated heterocycles. The van der Waals surface area contributed by atoms with Crippen molar-refractivity contribution in [3.8, 4) is 0 Å². The average molecular weight is 205 g/mol. The van der Waals surface area contributed by atoms with Crippen molar-refractivity contribution in [2.24, 2.45) is 4.99 Å². The number of rotatable bonds is 7. The van der Waals surface area contributed by atoms with Gasteiger partial charge in [0.1, 0.15) is 5.91 Å². The van der Waals surface area contributed by atoms with Crippen LogP contribution in [-0.4, -0.2) is 41.4 Å². The van der Waals surface area contributed by atoms with Gasteiger partial charge in [-0.25, -0.2) is 4.99 Å². The summed E-state index contributed by atoms with van der Waals surface area (Å²) in [6, 6.07) is 1.17. The molecule has 0 atom stereocenters. The Kier molecular flexibility index (Phi) is 8.98. The Bertz CT molecular complexity index is 146. The van der Waals surface area contributed by atoms with E-state index in [4.69, 9.17) is 9.47 Å². The first-order valence-electron chi connectivity index (χ1n) is 3.94. The maximum Gasteiger partial charge on any atom is 0.134 e. The van der Waals surface area contributed by atoms with Crippen LogP contribution in [0.3, 0.4) is 0 Å². The SMILES string of the molecule is COC(OC)[SiH2]CCCN=C=S. The van der Waals surface area contributed by atoms with Crippen LogP contribution in [0.5, 0.6) is 0 Å². The molecule has 0 amide bonds. The van der Waals surface area contributed by atoms with Crippen LogP contribution in [0.4, 0.5) is 0 Å². The van der Waals surface area contributed by atoms with Crippen molar-refractivity contribution in [3.63, 3.8) is 0 Å². The molecule has 0 aliphatic rings. The summed E-state index contributed by atoms with van der Waals surface area (Å²) in [6.07, 6.45) is 1.07. The van der Waals surface area contributed by atoms with Crippen molar-refractivity contribution < 1.29 is 9.47 Å². The Morgan fingerprint density at radius 2 is 2.17 bits per heavy atom. The second-order valence-electron chi connectivity index (χ2n) is 2.37. The number of thiocarbonyl (C=S) groups is 1. The average Bonchev–Trinajstić information content (AvgIpc) is 2.11. The van der Waals surface area contributed by atoms with Gasteiger partial charge < -0.3 is 9.47 Å². The number of methoxy groups -OCH3 is 2. The van der Waals surface area contributed by atoms with Crippen LogP contribution in [0.15, 0.2) is 4.99 Å². The summed E-state index contributed by atoms with van der Waals surface area (Å²) in [5.74, 6) is 0.0569. The first kappa shape index (κ1) is 11.9. The van der Waals surface area contributed by atoms with Crippen LogP contribution in [0.25, 0.3) is 0 Å². The van der Waals surface area contributed by atoms with E-state index in [1.807, 2.05) is 0 Å². The lowest BCUT2D eigenvalue weighted by Gasteiger charge is -2.11. The zero-order valence-electron chi connectivity index (χ0n) is 7.58. The second-order valence-corrected chi connectivity index (χ2v) is 4.50. The fraction of sp³-hybridized carbons (Fsp3) is 0.857. The van der Waals surface area contributed by atoms with Gasteiger partial charge in [-0.3, -0.25) is 0 Å². The smallest absolute Gasteiger partial charge is 0.134 e. The van der Waals surface area contributed by atoms with Gasteiger partial charge in [-0.1, -0.05) is 6.04 Å². The number of isothiocyanates is 1. The quantitative estimate of drug-likeness (QED) is 0.201. The summed E-state index contributed by atoms with van der Waals surface area (Å²) >= 11 is 4.44. The Labute approximate surface area is 81.0 Å². The monoisotopic (exact) mass is 205 g/mol. The molecule has 0 saturated carbocycles. The van der Waals surface area contributed by atoms with Gasteiger partial charge in [0.15, 0.2) is 0 Å². The molecule has 0 unspecified atom stereocenters. The third kappa shape index (κ3) is 6.63. The normalized spacial score (nSPS) is 10.9. The third-order valence-electron chi connectivity index (χ3n) is 1.55. The van der Waals surface area contributed by atoms with E-state index in [1.165, 1.54) is 6.04 Å². The molecule has 0 aromatic heterocycles. The number of hydrogen-bond acceptors (Lipinski definition) is 4. The van der Waals surface area contributed by atoms with Crippen LogP contribution in [-0.2, 0) is 9.47 Å². The molecule has 70 valence electrons. The highest BCUT2D eigenvalue weighted by Crippen LogP contribution is 1.96. The van der Waals surface area contributed by atoms with E-state index in [0.717, 1.165) is 13.0 Å². The van der Waals surface area contributed by atoms with Gasteiger partial charge in [-0.05, 0) is 18.6 Å². The zero-order valence-corrected chi connectivity index (χ0v) is 9.81. The third-order valence-corrected chi connectivity index (χ3v) is 3.73. The summed E-state index contributed by atoms with van der Waals surface area (Å²) in [7, 11) is 3.08. The summed E-state index contributed by atoms with van der Waals surface area (Å²) < 4.78 is 10.2. The van der Waals surface area contributed by atoms with Crippen LogP contribution in [0, 0.1) is 0 Å². The van der Waals surface area contributed by atoms with E-state index in [2.05, 4.69) is 22.4 Å². The lowest BCUT2D eigenvalue weighted by Crippen LogP contribution is -2.21. The van der Waals surface area contributed by atoms with E-state index in [9.17, 15) is 0 Å². The van der Waals surface area contributed by atoms with Crippen LogP contribution >= 0.6 is 12.2 Å². The fourth-order valence-electron chi connectivity index (χ4n) is 0.879. The van der Waals surface area contributed by atoms with Gasteiger partial charge in [-0.15, -0.1) is 0 Å². The molecule has 3 nitrogen and oxygen atoms in total. The summed E-state index contributed by atoms with van der Waals surface area (Å²) in [6.45, 7) is 0.788. The Hall–Kier alpha value is -0.0631. The molecule has 0 aliphatic heterocycles. The molecule has 5 heteroatoms. The van der Waals surface area contributed by atoms with E-state index in [-0.39, 0.29) is 15.4 Å². The van der Waals surface area contributed by atoms with E-state index >= 15 is 0 Å². The molecule has 12 heavy (non-hydrogen) atoms. The molecular formula is C7H15NO2SSi. The molecule has 0 spiro atoms. The summed E-state index contributed by atoms with van der Waals surface area (Å²) in [5, 5.41) is 2.35. The number of hydrogen-bond donors (Lipinski definition) is 0. The minimum absolute atomic E-state index is 0.0569.